The molecule has 5 rings (SSSR count). The highest BCUT2D eigenvalue weighted by Gasteiger charge is 2.26. The van der Waals surface area contributed by atoms with Crippen molar-refractivity contribution in [3.05, 3.63) is 53.8 Å². The van der Waals surface area contributed by atoms with Crippen LogP contribution in [0.25, 0.3) is 11.0 Å². The maximum absolute atomic E-state index is 5.47. The molecule has 28 heavy (non-hydrogen) atoms. The molecule has 142 valence electrons. The summed E-state index contributed by atoms with van der Waals surface area (Å²) in [6, 6.07) is 8.58. The lowest BCUT2D eigenvalue weighted by Gasteiger charge is -2.15. The number of hydrogen-bond acceptors (Lipinski definition) is 8. The number of H-pyrrole nitrogens is 1. The molecule has 0 unspecified atom stereocenters. The van der Waals surface area contributed by atoms with Crippen LogP contribution >= 0.6 is 0 Å². The number of nitrogens with zero attached hydrogens (tertiary/aromatic N) is 6. The fraction of sp³-hybridized carbons (Fsp3) is 0.316. The molecule has 0 spiro atoms. The third-order valence-electron chi connectivity index (χ3n) is 4.96. The zero-order valence-electron chi connectivity index (χ0n) is 15.5. The maximum atomic E-state index is 5.47. The smallest absolute Gasteiger partial charge is 0.266 e. The minimum atomic E-state index is 0.242. The molecule has 4 heterocycles. The van der Waals surface area contributed by atoms with E-state index in [1.54, 1.807) is 6.20 Å². The summed E-state index contributed by atoms with van der Waals surface area (Å²) in [6.45, 7) is 3.72. The van der Waals surface area contributed by atoms with E-state index < -0.39 is 0 Å². The fourth-order valence-corrected chi connectivity index (χ4v) is 3.58. The van der Waals surface area contributed by atoms with Gasteiger partial charge in [-0.15, -0.1) is 0 Å². The molecule has 0 radical (unpaired) electrons. The van der Waals surface area contributed by atoms with E-state index in [0.29, 0.717) is 18.3 Å². The lowest BCUT2D eigenvalue weighted by atomic mass is 10.1. The van der Waals surface area contributed by atoms with Crippen LogP contribution in [-0.2, 0) is 6.42 Å². The molecule has 3 aromatic heterocycles. The number of anilines is 2. The van der Waals surface area contributed by atoms with Crippen LogP contribution in [0, 0.1) is 6.92 Å². The Morgan fingerprint density at radius 3 is 3.21 bits per heavy atom. The lowest BCUT2D eigenvalue weighted by Crippen LogP contribution is -2.27. The zero-order valence-corrected chi connectivity index (χ0v) is 15.5. The molecular formula is C19H20N8O. The SMILES string of the molecule is Cc1cccc(Cc2nc(N3CC[C@H](Nc4ncnc5[nH]ncc45)C3)no2)c1. The Labute approximate surface area is 161 Å². The predicted octanol–water partition coefficient (Wildman–Crippen LogP) is 2.33. The second-order valence-electron chi connectivity index (χ2n) is 7.08. The zero-order chi connectivity index (χ0) is 18.9. The van der Waals surface area contributed by atoms with Gasteiger partial charge in [0.2, 0.25) is 5.89 Å². The minimum absolute atomic E-state index is 0.242. The van der Waals surface area contributed by atoms with Crippen molar-refractivity contribution in [2.45, 2.75) is 25.8 Å². The van der Waals surface area contributed by atoms with E-state index in [-0.39, 0.29) is 6.04 Å². The number of fused-ring (bicyclic) bond motifs is 1. The van der Waals surface area contributed by atoms with Crippen LogP contribution in [0.4, 0.5) is 11.8 Å². The summed E-state index contributed by atoms with van der Waals surface area (Å²) in [7, 11) is 0. The van der Waals surface area contributed by atoms with E-state index in [1.807, 2.05) is 6.07 Å². The summed E-state index contributed by atoms with van der Waals surface area (Å²) in [4.78, 5) is 15.2. The first-order valence-electron chi connectivity index (χ1n) is 9.28. The van der Waals surface area contributed by atoms with E-state index in [4.69, 9.17) is 4.52 Å². The van der Waals surface area contributed by atoms with E-state index in [1.165, 1.54) is 17.5 Å². The third-order valence-corrected chi connectivity index (χ3v) is 4.96. The Hall–Kier alpha value is -3.49. The first kappa shape index (κ1) is 16.7. The normalized spacial score (nSPS) is 16.8. The van der Waals surface area contributed by atoms with Crippen LogP contribution in [0.1, 0.15) is 23.4 Å². The van der Waals surface area contributed by atoms with Gasteiger partial charge >= 0.3 is 0 Å². The van der Waals surface area contributed by atoms with Gasteiger partial charge in [-0.2, -0.15) is 10.1 Å². The molecule has 0 amide bonds. The summed E-state index contributed by atoms with van der Waals surface area (Å²) in [5.74, 6) is 2.06. The number of aryl methyl sites for hydroxylation is 1. The summed E-state index contributed by atoms with van der Waals surface area (Å²) < 4.78 is 5.47. The van der Waals surface area contributed by atoms with Crippen molar-refractivity contribution >= 4 is 22.8 Å². The number of benzene rings is 1. The maximum Gasteiger partial charge on any atom is 0.266 e. The van der Waals surface area contributed by atoms with Crippen molar-refractivity contribution in [2.75, 3.05) is 23.3 Å². The van der Waals surface area contributed by atoms with Crippen molar-refractivity contribution in [1.29, 1.82) is 0 Å². The minimum Gasteiger partial charge on any atom is -0.365 e. The Balaban J connectivity index is 1.25. The monoisotopic (exact) mass is 376 g/mol. The fourth-order valence-electron chi connectivity index (χ4n) is 3.58. The van der Waals surface area contributed by atoms with E-state index >= 15 is 0 Å². The van der Waals surface area contributed by atoms with Gasteiger partial charge in [-0.25, -0.2) is 9.97 Å². The van der Waals surface area contributed by atoms with Crippen LogP contribution in [0.15, 0.2) is 41.3 Å². The highest BCUT2D eigenvalue weighted by Crippen LogP contribution is 2.23. The molecular weight excluding hydrogens is 356 g/mol. The molecule has 1 aliphatic heterocycles. The molecule has 4 aromatic rings. The Morgan fingerprint density at radius 1 is 1.32 bits per heavy atom. The summed E-state index contributed by atoms with van der Waals surface area (Å²) in [5, 5.41) is 15.4. The molecule has 0 saturated carbocycles. The summed E-state index contributed by atoms with van der Waals surface area (Å²) in [5.41, 5.74) is 3.12. The van der Waals surface area contributed by atoms with Crippen LogP contribution in [0.5, 0.6) is 0 Å². The van der Waals surface area contributed by atoms with Crippen molar-refractivity contribution in [2.24, 2.45) is 0 Å². The first-order valence-corrected chi connectivity index (χ1v) is 9.28. The Morgan fingerprint density at radius 2 is 2.29 bits per heavy atom. The van der Waals surface area contributed by atoms with E-state index in [9.17, 15) is 0 Å². The summed E-state index contributed by atoms with van der Waals surface area (Å²) >= 11 is 0. The largest absolute Gasteiger partial charge is 0.365 e. The molecule has 0 aliphatic carbocycles. The number of aromatic amines is 1. The molecule has 1 aromatic carbocycles. The molecule has 2 N–H and O–H groups in total. The van der Waals surface area contributed by atoms with Crippen LogP contribution in [0.2, 0.25) is 0 Å². The third kappa shape index (κ3) is 3.26. The van der Waals surface area contributed by atoms with E-state index in [2.05, 4.69) is 65.6 Å². The van der Waals surface area contributed by atoms with Crippen molar-refractivity contribution in [3.8, 4) is 0 Å². The number of hydrogen-bond donors (Lipinski definition) is 2. The molecule has 1 aliphatic rings. The van der Waals surface area contributed by atoms with Crippen LogP contribution in [0.3, 0.4) is 0 Å². The predicted molar refractivity (Wildman–Crippen MR) is 104 cm³/mol. The molecule has 9 nitrogen and oxygen atoms in total. The average molecular weight is 376 g/mol. The Kier molecular flexibility index (Phi) is 4.12. The van der Waals surface area contributed by atoms with Gasteiger partial charge in [0.25, 0.3) is 5.95 Å². The van der Waals surface area contributed by atoms with Crippen LogP contribution < -0.4 is 10.2 Å². The van der Waals surface area contributed by atoms with Gasteiger partial charge in [0.15, 0.2) is 5.65 Å². The summed E-state index contributed by atoms with van der Waals surface area (Å²) in [6.07, 6.45) is 4.88. The molecule has 9 heteroatoms. The first-order chi connectivity index (χ1) is 13.7. The number of rotatable bonds is 5. The average Bonchev–Trinajstić information content (AvgIpc) is 3.42. The van der Waals surface area contributed by atoms with Gasteiger partial charge in [-0.3, -0.25) is 5.10 Å². The molecule has 1 saturated heterocycles. The topological polar surface area (TPSA) is 109 Å². The van der Waals surface area contributed by atoms with Gasteiger partial charge < -0.3 is 14.7 Å². The molecule has 0 bridgehead atoms. The van der Waals surface area contributed by atoms with Gasteiger partial charge in [-0.05, 0) is 24.1 Å². The van der Waals surface area contributed by atoms with Crippen LogP contribution in [-0.4, -0.2) is 49.4 Å². The number of aromatic nitrogens is 6. The van der Waals surface area contributed by atoms with E-state index in [0.717, 1.165) is 36.4 Å². The highest BCUT2D eigenvalue weighted by molar-refractivity contribution is 5.85. The molecule has 1 atom stereocenters. The molecule has 1 fully saturated rings. The Bertz CT molecular complexity index is 1100. The quantitative estimate of drug-likeness (QED) is 0.546. The van der Waals surface area contributed by atoms with Crippen molar-refractivity contribution < 1.29 is 4.52 Å². The number of nitrogens with one attached hydrogen (secondary N) is 2. The van der Waals surface area contributed by atoms with Gasteiger partial charge in [0.05, 0.1) is 18.0 Å². The van der Waals surface area contributed by atoms with Gasteiger partial charge in [0, 0.05) is 19.1 Å². The second-order valence-corrected chi connectivity index (χ2v) is 7.08. The van der Waals surface area contributed by atoms with Crippen molar-refractivity contribution in [3.63, 3.8) is 0 Å². The second kappa shape index (κ2) is 6.91. The lowest BCUT2D eigenvalue weighted by molar-refractivity contribution is 0.384. The standard InChI is InChI=1S/C19H20N8O/c1-12-3-2-4-13(7-12)8-16-24-19(26-28-16)27-6-5-14(10-27)23-17-15-9-22-25-18(15)21-11-20-17/h2-4,7,9,11,14H,5-6,8,10H2,1H3,(H2,20,21,22,23,25)/t14-/m0/s1. The van der Waals surface area contributed by atoms with Crippen molar-refractivity contribution in [1.82, 2.24) is 30.3 Å². The van der Waals surface area contributed by atoms with Gasteiger partial charge in [0.1, 0.15) is 12.1 Å². The highest BCUT2D eigenvalue weighted by atomic mass is 16.5. The van der Waals surface area contributed by atoms with Gasteiger partial charge in [-0.1, -0.05) is 29.8 Å².